The summed E-state index contributed by atoms with van der Waals surface area (Å²) in [6.45, 7) is 0. The number of carboxylic acid groups (broad SMARTS) is 1. The molecule has 1 atom stereocenters. The average molecular weight is 275 g/mol. The maximum Gasteiger partial charge on any atom is 0 e. The molecule has 0 spiro atoms. The van der Waals surface area contributed by atoms with Gasteiger partial charge in [-0.15, -0.1) is 0 Å². The number of rotatable bonds is 4. The molecule has 0 aromatic carbocycles. The SMILES string of the molecule is C[Se]CC[C@H](N)C(=O)O.[Se]. The van der Waals surface area contributed by atoms with Crippen LogP contribution in [0.5, 0.6) is 0 Å². The third kappa shape index (κ3) is 6.59. The molecule has 0 bridgehead atoms. The van der Waals surface area contributed by atoms with E-state index in [1.807, 2.05) is 0 Å². The Balaban J connectivity index is 0. The van der Waals surface area contributed by atoms with Gasteiger partial charge in [0.1, 0.15) is 0 Å². The molecule has 10 heavy (non-hydrogen) atoms. The minimum atomic E-state index is -0.890. The fourth-order valence-corrected chi connectivity index (χ4v) is 1.40. The van der Waals surface area contributed by atoms with Crippen molar-refractivity contribution in [3.63, 3.8) is 0 Å². The van der Waals surface area contributed by atoms with Crippen LogP contribution in [-0.2, 0) is 4.79 Å². The number of aliphatic carboxylic acids is 1. The van der Waals surface area contributed by atoms with E-state index in [2.05, 4.69) is 5.82 Å². The van der Waals surface area contributed by atoms with Gasteiger partial charge in [0.2, 0.25) is 0 Å². The second-order valence-electron chi connectivity index (χ2n) is 1.73. The molecule has 60 valence electrons. The van der Waals surface area contributed by atoms with E-state index in [4.69, 9.17) is 10.8 Å². The van der Waals surface area contributed by atoms with Crippen LogP contribution in [0.15, 0.2) is 0 Å². The Bertz CT molecular complexity index is 99.6. The van der Waals surface area contributed by atoms with Gasteiger partial charge in [0.15, 0.2) is 0 Å². The van der Waals surface area contributed by atoms with Crippen LogP contribution >= 0.6 is 0 Å². The first-order chi connectivity index (χ1) is 4.18. The van der Waals surface area contributed by atoms with Gasteiger partial charge in [0, 0.05) is 17.1 Å². The molecule has 0 heterocycles. The molecular formula is C5H11NO2Se2. The normalized spacial score (nSPS) is 11.8. The Hall–Kier alpha value is 0.469. The van der Waals surface area contributed by atoms with Gasteiger partial charge in [0.25, 0.3) is 0 Å². The van der Waals surface area contributed by atoms with Crippen molar-refractivity contribution < 1.29 is 9.90 Å². The molecule has 0 fully saturated rings. The maximum absolute atomic E-state index is 10.1. The van der Waals surface area contributed by atoms with Crippen LogP contribution in [0, 0.1) is 0 Å². The predicted molar refractivity (Wildman–Crippen MR) is 42.4 cm³/mol. The summed E-state index contributed by atoms with van der Waals surface area (Å²) in [6.07, 6.45) is 0.617. The van der Waals surface area contributed by atoms with E-state index >= 15 is 0 Å². The topological polar surface area (TPSA) is 63.3 Å². The molecule has 0 saturated carbocycles. The van der Waals surface area contributed by atoms with Gasteiger partial charge in [-0.3, -0.25) is 0 Å². The molecular weight excluding hydrogens is 264 g/mol. The standard InChI is InChI=1S/C5H11NO2Se.Se/c1-9-3-2-4(6)5(7)8;/h4H,2-3,6H2,1H3,(H,7,8);/t4-;/m0./s1. The van der Waals surface area contributed by atoms with Gasteiger partial charge < -0.3 is 0 Å². The summed E-state index contributed by atoms with van der Waals surface area (Å²) in [4.78, 5) is 10.1. The smallest absolute Gasteiger partial charge is 0 e. The van der Waals surface area contributed by atoms with Crippen LogP contribution in [-0.4, -0.2) is 49.1 Å². The fraction of sp³-hybridized carbons (Fsp3) is 0.800. The zero-order valence-electron chi connectivity index (χ0n) is 5.74. The first-order valence-corrected chi connectivity index (χ1v) is 5.58. The van der Waals surface area contributed by atoms with Crippen molar-refractivity contribution in [1.82, 2.24) is 0 Å². The Morgan fingerprint density at radius 2 is 2.30 bits per heavy atom. The number of carbonyl (C=O) groups is 1. The zero-order valence-corrected chi connectivity index (χ0v) is 9.17. The molecule has 0 rings (SSSR count). The second kappa shape index (κ2) is 7.57. The molecule has 0 saturated heterocycles. The van der Waals surface area contributed by atoms with Crippen LogP contribution in [0.1, 0.15) is 6.42 Å². The Morgan fingerprint density at radius 3 is 2.60 bits per heavy atom. The van der Waals surface area contributed by atoms with E-state index in [1.165, 1.54) is 0 Å². The number of hydrogen-bond acceptors (Lipinski definition) is 2. The van der Waals surface area contributed by atoms with Crippen LogP contribution in [0.2, 0.25) is 11.1 Å². The summed E-state index contributed by atoms with van der Waals surface area (Å²) >= 11 is 0.549. The number of carboxylic acids is 1. The summed E-state index contributed by atoms with van der Waals surface area (Å²) < 4.78 is 0. The minimum absolute atomic E-state index is 0. The van der Waals surface area contributed by atoms with Crippen LogP contribution < -0.4 is 5.73 Å². The van der Waals surface area contributed by atoms with Crippen molar-refractivity contribution in [3.8, 4) is 0 Å². The first-order valence-electron chi connectivity index (χ1n) is 2.65. The molecule has 0 aromatic heterocycles. The van der Waals surface area contributed by atoms with Crippen LogP contribution in [0.4, 0.5) is 0 Å². The van der Waals surface area contributed by atoms with Crippen molar-refractivity contribution >= 4 is 38.0 Å². The predicted octanol–water partition coefficient (Wildman–Crippen LogP) is -0.422. The van der Waals surface area contributed by atoms with Gasteiger partial charge in [-0.25, -0.2) is 0 Å². The minimum Gasteiger partial charge on any atom is 0 e. The monoisotopic (exact) mass is 277 g/mol. The Labute approximate surface area is 77.4 Å². The molecule has 0 aliphatic carbocycles. The van der Waals surface area contributed by atoms with Crippen molar-refractivity contribution in [1.29, 1.82) is 0 Å². The average Bonchev–Trinajstić information content (AvgIpc) is 1.82. The van der Waals surface area contributed by atoms with Crippen molar-refractivity contribution in [2.75, 3.05) is 0 Å². The molecule has 0 aromatic rings. The van der Waals surface area contributed by atoms with Crippen molar-refractivity contribution in [2.45, 2.75) is 23.6 Å². The second-order valence-corrected chi connectivity index (χ2v) is 3.79. The van der Waals surface area contributed by atoms with Gasteiger partial charge in [0.05, 0.1) is 0 Å². The summed E-state index contributed by atoms with van der Waals surface area (Å²) in [6, 6.07) is -0.646. The Kier molecular flexibility index (Phi) is 9.91. The van der Waals surface area contributed by atoms with Crippen molar-refractivity contribution in [2.24, 2.45) is 5.73 Å². The molecule has 2 radical (unpaired) electrons. The van der Waals surface area contributed by atoms with E-state index < -0.39 is 12.0 Å². The van der Waals surface area contributed by atoms with E-state index in [0.717, 1.165) is 5.32 Å². The summed E-state index contributed by atoms with van der Waals surface area (Å²) in [5, 5.41) is 9.25. The molecule has 0 aliphatic rings. The van der Waals surface area contributed by atoms with Gasteiger partial charge in [-0.1, -0.05) is 0 Å². The van der Waals surface area contributed by atoms with E-state index in [9.17, 15) is 4.79 Å². The fourth-order valence-electron chi connectivity index (χ4n) is 0.368. The van der Waals surface area contributed by atoms with E-state index in [0.29, 0.717) is 21.4 Å². The van der Waals surface area contributed by atoms with Gasteiger partial charge >= 0.3 is 60.2 Å². The molecule has 3 nitrogen and oxygen atoms in total. The zero-order chi connectivity index (χ0) is 7.28. The Morgan fingerprint density at radius 1 is 1.80 bits per heavy atom. The molecule has 3 N–H and O–H groups in total. The molecule has 0 amide bonds. The van der Waals surface area contributed by atoms with Crippen molar-refractivity contribution in [3.05, 3.63) is 0 Å². The third-order valence-corrected chi connectivity index (χ3v) is 2.30. The summed E-state index contributed by atoms with van der Waals surface area (Å²) in [7, 11) is 0. The van der Waals surface area contributed by atoms with E-state index in [-0.39, 0.29) is 17.1 Å². The maximum atomic E-state index is 10.1. The number of hydrogen-bond donors (Lipinski definition) is 2. The molecule has 0 aliphatic heterocycles. The number of nitrogens with two attached hydrogens (primary N) is 1. The van der Waals surface area contributed by atoms with E-state index in [1.54, 1.807) is 0 Å². The largest absolute Gasteiger partial charge is 0 e. The molecule has 0 unspecified atom stereocenters. The molecule has 5 heteroatoms. The summed E-state index contributed by atoms with van der Waals surface area (Å²) in [5.74, 6) is 1.18. The summed E-state index contributed by atoms with van der Waals surface area (Å²) in [5.41, 5.74) is 5.21. The van der Waals surface area contributed by atoms with Crippen LogP contribution in [0.25, 0.3) is 0 Å². The first kappa shape index (κ1) is 13.1. The third-order valence-electron chi connectivity index (χ3n) is 0.950. The van der Waals surface area contributed by atoms with Gasteiger partial charge in [-0.2, -0.15) is 0 Å². The van der Waals surface area contributed by atoms with Gasteiger partial charge in [-0.05, 0) is 0 Å². The van der Waals surface area contributed by atoms with Crippen LogP contribution in [0.3, 0.4) is 0 Å². The quantitative estimate of drug-likeness (QED) is 0.685.